The van der Waals surface area contributed by atoms with E-state index < -0.39 is 5.97 Å². The van der Waals surface area contributed by atoms with E-state index in [9.17, 15) is 10.1 Å². The van der Waals surface area contributed by atoms with Crippen molar-refractivity contribution in [2.75, 3.05) is 13.9 Å². The molecule has 0 aliphatic carbocycles. The lowest BCUT2D eigenvalue weighted by atomic mass is 10.0. The number of rotatable bonds is 4. The summed E-state index contributed by atoms with van der Waals surface area (Å²) in [6.45, 7) is 0.126. The summed E-state index contributed by atoms with van der Waals surface area (Å²) in [6.07, 6.45) is 1.68. The fourth-order valence-electron chi connectivity index (χ4n) is 2.37. The number of hydrogen-bond acceptors (Lipinski definition) is 5. The van der Waals surface area contributed by atoms with Crippen molar-refractivity contribution < 1.29 is 24.1 Å². The summed E-state index contributed by atoms with van der Waals surface area (Å²) in [5.74, 6) is 0.609. The monoisotopic (exact) mass is 323 g/mol. The van der Waals surface area contributed by atoms with E-state index in [0.29, 0.717) is 28.4 Å². The molecule has 120 valence electrons. The molecule has 1 N–H and O–H groups in total. The van der Waals surface area contributed by atoms with Crippen LogP contribution in [-0.2, 0) is 0 Å². The molecule has 0 saturated carbocycles. The lowest BCUT2D eigenvalue weighted by molar-refractivity contribution is 0.0697. The van der Waals surface area contributed by atoms with Crippen LogP contribution in [0.4, 0.5) is 0 Å². The van der Waals surface area contributed by atoms with Crippen LogP contribution >= 0.6 is 0 Å². The van der Waals surface area contributed by atoms with Crippen LogP contribution in [0.5, 0.6) is 17.2 Å². The first kappa shape index (κ1) is 15.4. The van der Waals surface area contributed by atoms with Crippen molar-refractivity contribution in [3.8, 4) is 23.3 Å². The second-order valence-corrected chi connectivity index (χ2v) is 5.01. The molecule has 0 aromatic heterocycles. The molecule has 3 rings (SSSR count). The average Bonchev–Trinajstić information content (AvgIpc) is 3.07. The van der Waals surface area contributed by atoms with Gasteiger partial charge in [-0.1, -0.05) is 12.1 Å². The number of carbonyl (C=O) groups is 1. The second-order valence-electron chi connectivity index (χ2n) is 5.01. The van der Waals surface area contributed by atoms with Crippen molar-refractivity contribution in [3.05, 3.63) is 53.1 Å². The first-order valence-electron chi connectivity index (χ1n) is 7.05. The Kier molecular flexibility index (Phi) is 4.08. The molecule has 1 aliphatic heterocycles. The molecule has 2 aromatic rings. The first-order chi connectivity index (χ1) is 11.6. The van der Waals surface area contributed by atoms with Crippen LogP contribution in [0.3, 0.4) is 0 Å². The zero-order valence-electron chi connectivity index (χ0n) is 12.8. The number of nitrogens with zero attached hydrogens (tertiary/aromatic N) is 1. The maximum atomic E-state index is 10.9. The van der Waals surface area contributed by atoms with Gasteiger partial charge in [0.2, 0.25) is 12.5 Å². The lowest BCUT2D eigenvalue weighted by Crippen LogP contribution is -1.95. The molecular formula is C18H13NO5. The highest BCUT2D eigenvalue weighted by Gasteiger charge is 2.19. The number of hydrogen-bond donors (Lipinski definition) is 1. The Morgan fingerprint density at radius 2 is 1.96 bits per heavy atom. The lowest BCUT2D eigenvalue weighted by Gasteiger charge is -2.06. The Balaban J connectivity index is 1.99. The molecule has 6 heteroatoms. The standard InChI is InChI=1S/C18H13NO5/c1-22-15-7-11(8-16-17(15)24-10-23-16)6-14(9-19)12-2-4-13(5-3-12)18(20)21/h2-8H,10H2,1H3,(H,20,21). The average molecular weight is 323 g/mol. The van der Waals surface area contributed by atoms with E-state index in [0.717, 1.165) is 5.56 Å². The summed E-state index contributed by atoms with van der Waals surface area (Å²) >= 11 is 0. The zero-order valence-corrected chi connectivity index (χ0v) is 12.8. The summed E-state index contributed by atoms with van der Waals surface area (Å²) in [4.78, 5) is 10.9. The van der Waals surface area contributed by atoms with E-state index in [4.69, 9.17) is 19.3 Å². The molecule has 1 aliphatic rings. The van der Waals surface area contributed by atoms with Gasteiger partial charge in [0.05, 0.1) is 24.3 Å². The van der Waals surface area contributed by atoms with Crippen molar-refractivity contribution >= 4 is 17.6 Å². The number of nitriles is 1. The number of ether oxygens (including phenoxy) is 3. The Morgan fingerprint density at radius 1 is 1.25 bits per heavy atom. The minimum Gasteiger partial charge on any atom is -0.493 e. The molecule has 0 amide bonds. The molecule has 2 aromatic carbocycles. The maximum absolute atomic E-state index is 10.9. The fraction of sp³-hybridized carbons (Fsp3) is 0.111. The number of fused-ring (bicyclic) bond motifs is 1. The largest absolute Gasteiger partial charge is 0.493 e. The predicted octanol–water partition coefficient (Wildman–Crippen LogP) is 3.19. The Morgan fingerprint density at radius 3 is 2.58 bits per heavy atom. The SMILES string of the molecule is COc1cc(C=C(C#N)c2ccc(C(=O)O)cc2)cc2c1OCO2. The van der Waals surface area contributed by atoms with Crippen molar-refractivity contribution in [1.29, 1.82) is 5.26 Å². The van der Waals surface area contributed by atoms with E-state index in [1.54, 1.807) is 30.3 Å². The van der Waals surface area contributed by atoms with Crippen LogP contribution in [0.1, 0.15) is 21.5 Å². The second kappa shape index (κ2) is 6.34. The minimum atomic E-state index is -1.01. The van der Waals surface area contributed by atoms with Gasteiger partial charge in [0, 0.05) is 0 Å². The van der Waals surface area contributed by atoms with Crippen molar-refractivity contribution in [1.82, 2.24) is 0 Å². The van der Waals surface area contributed by atoms with E-state index in [-0.39, 0.29) is 12.4 Å². The first-order valence-corrected chi connectivity index (χ1v) is 7.05. The molecule has 0 fully saturated rings. The Hall–Kier alpha value is -3.46. The minimum absolute atomic E-state index is 0.126. The number of carboxylic acids is 1. The molecule has 0 bridgehead atoms. The number of allylic oxidation sites excluding steroid dienone is 1. The summed E-state index contributed by atoms with van der Waals surface area (Å²) in [6, 6.07) is 11.7. The van der Waals surface area contributed by atoms with Gasteiger partial charge in [-0.25, -0.2) is 4.79 Å². The Bertz CT molecular complexity index is 862. The molecule has 0 spiro atoms. The number of carboxylic acid groups (broad SMARTS) is 1. The summed E-state index contributed by atoms with van der Waals surface area (Å²) in [7, 11) is 1.53. The van der Waals surface area contributed by atoms with Crippen LogP contribution < -0.4 is 14.2 Å². The summed E-state index contributed by atoms with van der Waals surface area (Å²) in [5, 5.41) is 18.4. The topological polar surface area (TPSA) is 88.8 Å². The number of benzene rings is 2. The molecule has 0 radical (unpaired) electrons. The van der Waals surface area contributed by atoms with Crippen molar-refractivity contribution in [3.63, 3.8) is 0 Å². The smallest absolute Gasteiger partial charge is 0.335 e. The van der Waals surface area contributed by atoms with Gasteiger partial charge < -0.3 is 19.3 Å². The quantitative estimate of drug-likeness (QED) is 0.686. The summed E-state index contributed by atoms with van der Waals surface area (Å²) < 4.78 is 16.0. The van der Waals surface area contributed by atoms with Gasteiger partial charge in [-0.2, -0.15) is 5.26 Å². The van der Waals surface area contributed by atoms with Gasteiger partial charge in [0.1, 0.15) is 0 Å². The van der Waals surface area contributed by atoms with E-state index in [1.165, 1.54) is 19.2 Å². The van der Waals surface area contributed by atoms with E-state index in [2.05, 4.69) is 6.07 Å². The highest BCUT2D eigenvalue weighted by molar-refractivity contribution is 5.92. The fourth-order valence-corrected chi connectivity index (χ4v) is 2.37. The normalized spacial score (nSPS) is 12.6. The third kappa shape index (κ3) is 2.88. The van der Waals surface area contributed by atoms with Crippen LogP contribution in [0.2, 0.25) is 0 Å². The molecule has 1 heterocycles. The molecule has 6 nitrogen and oxygen atoms in total. The third-order valence-electron chi connectivity index (χ3n) is 3.56. The number of aromatic carboxylic acids is 1. The maximum Gasteiger partial charge on any atom is 0.335 e. The molecule has 0 saturated heterocycles. The van der Waals surface area contributed by atoms with Gasteiger partial charge in [-0.05, 0) is 41.5 Å². The third-order valence-corrected chi connectivity index (χ3v) is 3.56. The predicted molar refractivity (Wildman–Crippen MR) is 86.0 cm³/mol. The van der Waals surface area contributed by atoms with Crippen LogP contribution in [-0.4, -0.2) is 25.0 Å². The number of methoxy groups -OCH3 is 1. The van der Waals surface area contributed by atoms with Crippen molar-refractivity contribution in [2.45, 2.75) is 0 Å². The van der Waals surface area contributed by atoms with Crippen LogP contribution in [0, 0.1) is 11.3 Å². The Labute approximate surface area is 138 Å². The van der Waals surface area contributed by atoms with Gasteiger partial charge in [-0.15, -0.1) is 0 Å². The van der Waals surface area contributed by atoms with Gasteiger partial charge in [0.15, 0.2) is 11.5 Å². The van der Waals surface area contributed by atoms with Crippen LogP contribution in [0.15, 0.2) is 36.4 Å². The van der Waals surface area contributed by atoms with Gasteiger partial charge in [-0.3, -0.25) is 0 Å². The van der Waals surface area contributed by atoms with Gasteiger partial charge >= 0.3 is 5.97 Å². The molecule has 0 atom stereocenters. The van der Waals surface area contributed by atoms with Crippen LogP contribution in [0.25, 0.3) is 11.6 Å². The van der Waals surface area contributed by atoms with E-state index >= 15 is 0 Å². The highest BCUT2D eigenvalue weighted by Crippen LogP contribution is 2.42. The van der Waals surface area contributed by atoms with Gasteiger partial charge in [0.25, 0.3) is 0 Å². The zero-order chi connectivity index (χ0) is 17.1. The molecule has 24 heavy (non-hydrogen) atoms. The van der Waals surface area contributed by atoms with Crippen molar-refractivity contribution in [2.24, 2.45) is 0 Å². The van der Waals surface area contributed by atoms with E-state index in [1.807, 2.05) is 0 Å². The molecule has 0 unspecified atom stereocenters. The molecular weight excluding hydrogens is 310 g/mol. The summed E-state index contributed by atoms with van der Waals surface area (Å²) in [5.41, 5.74) is 1.91. The highest BCUT2D eigenvalue weighted by atomic mass is 16.7.